The van der Waals surface area contributed by atoms with Crippen LogP contribution in [0, 0.1) is 5.92 Å². The summed E-state index contributed by atoms with van der Waals surface area (Å²) in [6, 6.07) is 1.50. The van der Waals surface area contributed by atoms with Crippen LogP contribution in [0.1, 0.15) is 57.8 Å². The molecule has 2 nitrogen and oxygen atoms in total. The van der Waals surface area contributed by atoms with Crippen molar-refractivity contribution in [2.45, 2.75) is 75.5 Å². The second-order valence-corrected chi connectivity index (χ2v) is 6.29. The van der Waals surface area contributed by atoms with Crippen LogP contribution in [0.5, 0.6) is 0 Å². The van der Waals surface area contributed by atoms with E-state index in [0.717, 1.165) is 18.0 Å². The largest absolute Gasteiger partial charge is 0.378 e. The molecule has 3 rings (SSSR count). The minimum Gasteiger partial charge on any atom is -0.378 e. The van der Waals surface area contributed by atoms with Crippen molar-refractivity contribution < 1.29 is 4.74 Å². The Kier molecular flexibility index (Phi) is 2.97. The van der Waals surface area contributed by atoms with Gasteiger partial charge in [-0.3, -0.25) is 0 Å². The summed E-state index contributed by atoms with van der Waals surface area (Å²) in [5.41, 5.74) is 0.228. The van der Waals surface area contributed by atoms with Crippen LogP contribution in [0.4, 0.5) is 0 Å². The van der Waals surface area contributed by atoms with Gasteiger partial charge in [0, 0.05) is 19.2 Å². The van der Waals surface area contributed by atoms with E-state index < -0.39 is 0 Å². The van der Waals surface area contributed by atoms with Gasteiger partial charge in [-0.1, -0.05) is 25.7 Å². The van der Waals surface area contributed by atoms with Gasteiger partial charge in [0.25, 0.3) is 0 Å². The predicted molar refractivity (Wildman–Crippen MR) is 65.5 cm³/mol. The number of piperidine rings is 1. The molecule has 0 aromatic rings. The standard InChI is InChI=1S/C14H25NO/c1-16-14(8-11-4-2-3-5-11)9-12-6-7-13(10-14)15-12/h11-13,15H,2-10H2,1H3. The van der Waals surface area contributed by atoms with E-state index in [-0.39, 0.29) is 5.60 Å². The maximum Gasteiger partial charge on any atom is 0.0711 e. The highest BCUT2D eigenvalue weighted by Gasteiger charge is 2.44. The lowest BCUT2D eigenvalue weighted by atomic mass is 9.79. The minimum atomic E-state index is 0.228. The van der Waals surface area contributed by atoms with Crippen LogP contribution < -0.4 is 5.32 Å². The van der Waals surface area contributed by atoms with Crippen LogP contribution >= 0.6 is 0 Å². The number of fused-ring (bicyclic) bond motifs is 2. The number of methoxy groups -OCH3 is 1. The Morgan fingerprint density at radius 2 is 1.69 bits per heavy atom. The first kappa shape index (κ1) is 11.0. The molecule has 2 bridgehead atoms. The third-order valence-corrected chi connectivity index (χ3v) is 5.14. The maximum atomic E-state index is 5.98. The molecule has 2 heteroatoms. The van der Waals surface area contributed by atoms with Crippen LogP contribution in [0.2, 0.25) is 0 Å². The Morgan fingerprint density at radius 3 is 2.25 bits per heavy atom. The van der Waals surface area contributed by atoms with Crippen LogP contribution in [0.15, 0.2) is 0 Å². The highest BCUT2D eigenvalue weighted by molar-refractivity contribution is 5.01. The molecule has 2 saturated heterocycles. The topological polar surface area (TPSA) is 21.3 Å². The van der Waals surface area contributed by atoms with E-state index in [4.69, 9.17) is 4.74 Å². The number of hydrogen-bond donors (Lipinski definition) is 1. The summed E-state index contributed by atoms with van der Waals surface area (Å²) in [7, 11) is 1.94. The molecule has 2 aliphatic heterocycles. The van der Waals surface area contributed by atoms with E-state index >= 15 is 0 Å². The summed E-state index contributed by atoms with van der Waals surface area (Å²) >= 11 is 0. The fourth-order valence-electron chi connectivity index (χ4n) is 4.36. The third kappa shape index (κ3) is 2.02. The number of ether oxygens (including phenoxy) is 1. The first-order chi connectivity index (χ1) is 7.80. The number of nitrogens with one attached hydrogen (secondary N) is 1. The third-order valence-electron chi connectivity index (χ3n) is 5.14. The molecule has 0 aromatic carbocycles. The van der Waals surface area contributed by atoms with Crippen LogP contribution in [0.3, 0.4) is 0 Å². The van der Waals surface area contributed by atoms with Crippen molar-refractivity contribution in [2.75, 3.05) is 7.11 Å². The number of hydrogen-bond acceptors (Lipinski definition) is 2. The Bertz CT molecular complexity index is 235. The van der Waals surface area contributed by atoms with Crippen molar-refractivity contribution >= 4 is 0 Å². The van der Waals surface area contributed by atoms with Gasteiger partial charge in [0.15, 0.2) is 0 Å². The van der Waals surface area contributed by atoms with Crippen molar-refractivity contribution in [1.82, 2.24) is 5.32 Å². The van der Waals surface area contributed by atoms with Gasteiger partial charge in [-0.2, -0.15) is 0 Å². The van der Waals surface area contributed by atoms with E-state index in [1.54, 1.807) is 0 Å². The van der Waals surface area contributed by atoms with Gasteiger partial charge in [0.2, 0.25) is 0 Å². The van der Waals surface area contributed by atoms with E-state index in [1.165, 1.54) is 57.8 Å². The lowest BCUT2D eigenvalue weighted by Gasteiger charge is -2.41. The molecular weight excluding hydrogens is 198 g/mol. The van der Waals surface area contributed by atoms with Gasteiger partial charge in [-0.15, -0.1) is 0 Å². The van der Waals surface area contributed by atoms with Crippen molar-refractivity contribution in [2.24, 2.45) is 5.92 Å². The van der Waals surface area contributed by atoms with Gasteiger partial charge in [-0.05, 0) is 38.0 Å². The first-order valence-corrected chi connectivity index (χ1v) is 7.11. The molecule has 0 aromatic heterocycles. The molecule has 0 radical (unpaired) electrons. The molecule has 0 amide bonds. The second-order valence-electron chi connectivity index (χ2n) is 6.29. The average molecular weight is 223 g/mol. The van der Waals surface area contributed by atoms with Gasteiger partial charge >= 0.3 is 0 Å². The summed E-state index contributed by atoms with van der Waals surface area (Å²) in [5.74, 6) is 0.956. The highest BCUT2D eigenvalue weighted by Crippen LogP contribution is 2.43. The van der Waals surface area contributed by atoms with Crippen LogP contribution in [-0.4, -0.2) is 24.8 Å². The number of rotatable bonds is 3. The smallest absolute Gasteiger partial charge is 0.0711 e. The summed E-state index contributed by atoms with van der Waals surface area (Å²) in [6.07, 6.45) is 12.4. The zero-order valence-electron chi connectivity index (χ0n) is 10.5. The van der Waals surface area contributed by atoms with Crippen molar-refractivity contribution in [3.63, 3.8) is 0 Å². The maximum absolute atomic E-state index is 5.98. The summed E-state index contributed by atoms with van der Waals surface area (Å²) in [6.45, 7) is 0. The Labute approximate surface area is 99.1 Å². The van der Waals surface area contributed by atoms with E-state index in [0.29, 0.717) is 0 Å². The SMILES string of the molecule is COC1(CC2CCCC2)CC2CCC(C1)N2. The van der Waals surface area contributed by atoms with Gasteiger partial charge in [-0.25, -0.2) is 0 Å². The van der Waals surface area contributed by atoms with Crippen LogP contribution in [-0.2, 0) is 4.74 Å². The van der Waals surface area contributed by atoms with E-state index in [9.17, 15) is 0 Å². The van der Waals surface area contributed by atoms with E-state index in [1.807, 2.05) is 7.11 Å². The molecule has 2 unspecified atom stereocenters. The lowest BCUT2D eigenvalue weighted by Crippen LogP contribution is -2.50. The fourth-order valence-corrected chi connectivity index (χ4v) is 4.36. The summed E-state index contributed by atoms with van der Waals surface area (Å²) < 4.78 is 5.98. The Morgan fingerprint density at radius 1 is 1.06 bits per heavy atom. The molecule has 1 aliphatic carbocycles. The molecule has 1 N–H and O–H groups in total. The molecule has 1 saturated carbocycles. The van der Waals surface area contributed by atoms with E-state index in [2.05, 4.69) is 5.32 Å². The molecule has 3 aliphatic rings. The van der Waals surface area contributed by atoms with Crippen molar-refractivity contribution in [3.8, 4) is 0 Å². The highest BCUT2D eigenvalue weighted by atomic mass is 16.5. The monoisotopic (exact) mass is 223 g/mol. The van der Waals surface area contributed by atoms with Crippen molar-refractivity contribution in [1.29, 1.82) is 0 Å². The van der Waals surface area contributed by atoms with Gasteiger partial charge in [0.05, 0.1) is 5.60 Å². The summed E-state index contributed by atoms with van der Waals surface area (Å²) in [5, 5.41) is 3.72. The quantitative estimate of drug-likeness (QED) is 0.794. The summed E-state index contributed by atoms with van der Waals surface area (Å²) in [4.78, 5) is 0. The predicted octanol–water partition coefficient (Wildman–Crippen LogP) is 2.87. The molecule has 2 atom stereocenters. The molecule has 92 valence electrons. The van der Waals surface area contributed by atoms with Crippen LogP contribution in [0.25, 0.3) is 0 Å². The lowest BCUT2D eigenvalue weighted by molar-refractivity contribution is -0.0633. The average Bonchev–Trinajstić information content (AvgIpc) is 2.89. The molecule has 3 fully saturated rings. The first-order valence-electron chi connectivity index (χ1n) is 7.11. The normalized spacial score (nSPS) is 44.1. The second kappa shape index (κ2) is 4.30. The Hall–Kier alpha value is -0.0800. The zero-order chi connectivity index (χ0) is 11.0. The van der Waals surface area contributed by atoms with Crippen molar-refractivity contribution in [3.05, 3.63) is 0 Å². The zero-order valence-corrected chi connectivity index (χ0v) is 10.5. The van der Waals surface area contributed by atoms with Gasteiger partial charge < -0.3 is 10.1 Å². The molecular formula is C14H25NO. The molecule has 2 heterocycles. The minimum absolute atomic E-state index is 0.228. The fraction of sp³-hybridized carbons (Fsp3) is 1.00. The molecule has 0 spiro atoms. The molecule has 16 heavy (non-hydrogen) atoms. The Balaban J connectivity index is 1.67. The van der Waals surface area contributed by atoms with Gasteiger partial charge in [0.1, 0.15) is 0 Å².